The molecule has 0 aliphatic carbocycles. The zero-order valence-corrected chi connectivity index (χ0v) is 10.7. The molecule has 0 saturated heterocycles. The van der Waals surface area contributed by atoms with Crippen LogP contribution in [0.2, 0.25) is 0 Å². The quantitative estimate of drug-likeness (QED) is 0.703. The van der Waals surface area contributed by atoms with Gasteiger partial charge in [0.15, 0.2) is 0 Å². The second-order valence-electron chi connectivity index (χ2n) is 3.74. The number of amides is 1. The minimum absolute atomic E-state index is 0.0143. The first-order chi connectivity index (χ1) is 8.70. The Kier molecular flexibility index (Phi) is 6.18. The first-order valence-electron chi connectivity index (χ1n) is 5.81. The summed E-state index contributed by atoms with van der Waals surface area (Å²) in [4.78, 5) is 12.0. The molecule has 0 atom stereocenters. The van der Waals surface area contributed by atoms with E-state index in [1.807, 2.05) is 19.1 Å². The fraction of sp³-hybridized carbons (Fsp3) is 0.462. The van der Waals surface area contributed by atoms with Crippen LogP contribution in [0, 0.1) is 6.92 Å². The van der Waals surface area contributed by atoms with Gasteiger partial charge in [0.1, 0.15) is 5.75 Å². The van der Waals surface area contributed by atoms with Crippen LogP contribution >= 0.6 is 0 Å². The number of ether oxygens (including phenoxy) is 2. The highest BCUT2D eigenvalue weighted by molar-refractivity contribution is 5.98. The van der Waals surface area contributed by atoms with Crippen molar-refractivity contribution in [1.82, 2.24) is 5.32 Å². The Hall–Kier alpha value is -1.59. The van der Waals surface area contributed by atoms with Crippen LogP contribution in [0.1, 0.15) is 15.9 Å². The predicted octanol–water partition coefficient (Wildman–Crippen LogP) is 0.742. The van der Waals surface area contributed by atoms with Gasteiger partial charge in [-0.3, -0.25) is 4.79 Å². The maximum Gasteiger partial charge on any atom is 0.255 e. The number of rotatable bonds is 7. The van der Waals surface area contributed by atoms with Gasteiger partial charge in [-0.25, -0.2) is 0 Å². The lowest BCUT2D eigenvalue weighted by Crippen LogP contribution is -2.28. The van der Waals surface area contributed by atoms with Crippen molar-refractivity contribution in [3.8, 4) is 5.75 Å². The molecule has 0 bridgehead atoms. The van der Waals surface area contributed by atoms with E-state index in [4.69, 9.17) is 14.6 Å². The molecule has 0 spiro atoms. The lowest BCUT2D eigenvalue weighted by atomic mass is 10.1. The van der Waals surface area contributed by atoms with E-state index in [0.29, 0.717) is 24.5 Å². The van der Waals surface area contributed by atoms with Gasteiger partial charge in [0.2, 0.25) is 0 Å². The molecular formula is C13H19NO4. The summed E-state index contributed by atoms with van der Waals surface area (Å²) < 4.78 is 10.2. The molecule has 2 N–H and O–H groups in total. The number of carbonyl (C=O) groups is 1. The standard InChI is InChI=1S/C13H19NO4/c1-10-4-3-5-11(17-2)12(10)13(16)14-6-8-18-9-7-15/h3-5,15H,6-9H2,1-2H3,(H,14,16). The number of hydrogen-bond donors (Lipinski definition) is 2. The third-order valence-electron chi connectivity index (χ3n) is 2.45. The van der Waals surface area contributed by atoms with E-state index >= 15 is 0 Å². The van der Waals surface area contributed by atoms with Crippen LogP contribution in [0.4, 0.5) is 0 Å². The summed E-state index contributed by atoms with van der Waals surface area (Å²) >= 11 is 0. The second kappa shape index (κ2) is 7.68. The summed E-state index contributed by atoms with van der Waals surface area (Å²) in [5.41, 5.74) is 1.41. The summed E-state index contributed by atoms with van der Waals surface area (Å²) in [5.74, 6) is 0.376. The first-order valence-corrected chi connectivity index (χ1v) is 5.81. The summed E-state index contributed by atoms with van der Waals surface area (Å²) in [6.07, 6.45) is 0. The summed E-state index contributed by atoms with van der Waals surface area (Å²) in [6, 6.07) is 5.46. The van der Waals surface area contributed by atoms with E-state index in [9.17, 15) is 4.79 Å². The van der Waals surface area contributed by atoms with Crippen molar-refractivity contribution >= 4 is 5.91 Å². The maximum atomic E-state index is 12.0. The fourth-order valence-electron chi connectivity index (χ4n) is 1.59. The van der Waals surface area contributed by atoms with E-state index in [1.54, 1.807) is 6.07 Å². The highest BCUT2D eigenvalue weighted by Gasteiger charge is 2.13. The maximum absolute atomic E-state index is 12.0. The van der Waals surface area contributed by atoms with Gasteiger partial charge >= 0.3 is 0 Å². The monoisotopic (exact) mass is 253 g/mol. The minimum atomic E-state index is -0.183. The molecule has 5 nitrogen and oxygen atoms in total. The smallest absolute Gasteiger partial charge is 0.255 e. The number of aliphatic hydroxyl groups excluding tert-OH is 1. The lowest BCUT2D eigenvalue weighted by Gasteiger charge is -2.11. The highest BCUT2D eigenvalue weighted by Crippen LogP contribution is 2.21. The average molecular weight is 253 g/mol. The molecule has 0 aromatic heterocycles. The van der Waals surface area contributed by atoms with Gasteiger partial charge in [0, 0.05) is 6.54 Å². The van der Waals surface area contributed by atoms with Crippen molar-refractivity contribution < 1.29 is 19.4 Å². The van der Waals surface area contributed by atoms with Gasteiger partial charge in [-0.05, 0) is 18.6 Å². The number of hydrogen-bond acceptors (Lipinski definition) is 4. The molecule has 0 saturated carbocycles. The molecule has 1 aromatic carbocycles. The number of methoxy groups -OCH3 is 1. The summed E-state index contributed by atoms with van der Waals surface area (Å²) in [5, 5.41) is 11.3. The van der Waals surface area contributed by atoms with Crippen molar-refractivity contribution in [2.24, 2.45) is 0 Å². The number of aliphatic hydroxyl groups is 1. The van der Waals surface area contributed by atoms with Gasteiger partial charge in [-0.1, -0.05) is 12.1 Å². The van der Waals surface area contributed by atoms with Crippen LogP contribution in [0.15, 0.2) is 18.2 Å². The van der Waals surface area contributed by atoms with E-state index in [0.717, 1.165) is 5.56 Å². The molecule has 100 valence electrons. The average Bonchev–Trinajstić information content (AvgIpc) is 2.37. The first kappa shape index (κ1) is 14.5. The van der Waals surface area contributed by atoms with E-state index in [1.165, 1.54) is 7.11 Å². The molecule has 18 heavy (non-hydrogen) atoms. The van der Waals surface area contributed by atoms with Gasteiger partial charge in [0.05, 0.1) is 32.5 Å². The molecule has 0 unspecified atom stereocenters. The molecule has 1 amide bonds. The third-order valence-corrected chi connectivity index (χ3v) is 2.45. The molecule has 0 aliphatic heterocycles. The Labute approximate surface area is 107 Å². The normalized spacial score (nSPS) is 10.2. The SMILES string of the molecule is COc1cccc(C)c1C(=O)NCCOCCO. The van der Waals surface area contributed by atoms with Crippen molar-refractivity contribution in [2.75, 3.05) is 33.5 Å². The molecule has 0 heterocycles. The van der Waals surface area contributed by atoms with Crippen LogP contribution < -0.4 is 10.1 Å². The topological polar surface area (TPSA) is 67.8 Å². The number of benzene rings is 1. The zero-order valence-electron chi connectivity index (χ0n) is 10.7. The predicted molar refractivity (Wildman–Crippen MR) is 68.0 cm³/mol. The van der Waals surface area contributed by atoms with Crippen LogP contribution in [0.3, 0.4) is 0 Å². The number of carbonyl (C=O) groups excluding carboxylic acids is 1. The van der Waals surface area contributed by atoms with E-state index in [-0.39, 0.29) is 19.1 Å². The van der Waals surface area contributed by atoms with Crippen LogP contribution in [-0.4, -0.2) is 44.5 Å². The third kappa shape index (κ3) is 4.01. The van der Waals surface area contributed by atoms with Crippen molar-refractivity contribution in [2.45, 2.75) is 6.92 Å². The Morgan fingerprint density at radius 2 is 2.17 bits per heavy atom. The Morgan fingerprint density at radius 1 is 1.39 bits per heavy atom. The molecular weight excluding hydrogens is 234 g/mol. The minimum Gasteiger partial charge on any atom is -0.496 e. The second-order valence-corrected chi connectivity index (χ2v) is 3.74. The van der Waals surface area contributed by atoms with Crippen LogP contribution in [0.25, 0.3) is 0 Å². The number of aryl methyl sites for hydroxylation is 1. The zero-order chi connectivity index (χ0) is 13.4. The van der Waals surface area contributed by atoms with Crippen LogP contribution in [-0.2, 0) is 4.74 Å². The lowest BCUT2D eigenvalue weighted by molar-refractivity contribution is 0.0836. The fourth-order valence-corrected chi connectivity index (χ4v) is 1.59. The largest absolute Gasteiger partial charge is 0.496 e. The summed E-state index contributed by atoms with van der Waals surface area (Å²) in [6.45, 7) is 2.90. The molecule has 0 aliphatic rings. The molecule has 0 fully saturated rings. The van der Waals surface area contributed by atoms with Gasteiger partial charge in [0.25, 0.3) is 5.91 Å². The number of nitrogens with one attached hydrogen (secondary N) is 1. The Balaban J connectivity index is 2.56. The van der Waals surface area contributed by atoms with E-state index < -0.39 is 0 Å². The van der Waals surface area contributed by atoms with Crippen LogP contribution in [0.5, 0.6) is 5.75 Å². The van der Waals surface area contributed by atoms with Crippen molar-refractivity contribution in [3.63, 3.8) is 0 Å². The van der Waals surface area contributed by atoms with Gasteiger partial charge in [-0.15, -0.1) is 0 Å². The summed E-state index contributed by atoms with van der Waals surface area (Å²) in [7, 11) is 1.54. The van der Waals surface area contributed by atoms with Gasteiger partial charge < -0.3 is 19.9 Å². The molecule has 1 rings (SSSR count). The molecule has 0 radical (unpaired) electrons. The highest BCUT2D eigenvalue weighted by atomic mass is 16.5. The van der Waals surface area contributed by atoms with E-state index in [2.05, 4.69) is 5.32 Å². The molecule has 5 heteroatoms. The van der Waals surface area contributed by atoms with Crippen molar-refractivity contribution in [1.29, 1.82) is 0 Å². The Morgan fingerprint density at radius 3 is 2.83 bits per heavy atom. The molecule has 1 aromatic rings. The van der Waals surface area contributed by atoms with Gasteiger partial charge in [-0.2, -0.15) is 0 Å². The van der Waals surface area contributed by atoms with Crippen molar-refractivity contribution in [3.05, 3.63) is 29.3 Å². The Bertz CT molecular complexity index is 393.